The van der Waals surface area contributed by atoms with Crippen LogP contribution in [0.4, 0.5) is 10.1 Å². The van der Waals surface area contributed by atoms with Gasteiger partial charge in [-0.25, -0.2) is 9.18 Å². The molecule has 2 rings (SSSR count). The second-order valence-corrected chi connectivity index (χ2v) is 8.47. The molecular formula is C22H26FNO4. The lowest BCUT2D eigenvalue weighted by molar-refractivity contribution is 0.0691. The molecule has 0 bridgehead atoms. The highest BCUT2D eigenvalue weighted by Gasteiger charge is 2.30. The highest BCUT2D eigenvalue weighted by Crippen LogP contribution is 2.38. The van der Waals surface area contributed by atoms with Crippen molar-refractivity contribution in [3.63, 3.8) is 0 Å². The Balaban J connectivity index is 2.49. The number of hydrogen-bond donors (Lipinski definition) is 3. The Labute approximate surface area is 164 Å². The van der Waals surface area contributed by atoms with Crippen molar-refractivity contribution in [1.82, 2.24) is 0 Å². The minimum atomic E-state index is -1.39. The molecule has 0 fully saturated rings. The monoisotopic (exact) mass is 387 g/mol. The van der Waals surface area contributed by atoms with Crippen LogP contribution in [-0.4, -0.2) is 28.7 Å². The Kier molecular flexibility index (Phi) is 5.94. The van der Waals surface area contributed by atoms with Crippen LogP contribution in [0.25, 0.3) is 0 Å². The maximum Gasteiger partial charge on any atom is 0.338 e. The second-order valence-electron chi connectivity index (χ2n) is 8.47. The zero-order valence-electron chi connectivity index (χ0n) is 16.8. The van der Waals surface area contributed by atoms with E-state index in [-0.39, 0.29) is 17.6 Å². The number of aromatic carboxylic acids is 1. The highest BCUT2D eigenvalue weighted by molar-refractivity contribution is 6.05. The molecule has 2 aromatic carbocycles. The van der Waals surface area contributed by atoms with Crippen molar-refractivity contribution in [2.75, 3.05) is 11.9 Å². The molecule has 0 radical (unpaired) electrons. The number of aliphatic hydroxyl groups excluding tert-OH is 1. The molecule has 0 heterocycles. The number of carboxylic acid groups (broad SMARTS) is 1. The number of carbonyl (C=O) groups excluding carboxylic acids is 1. The van der Waals surface area contributed by atoms with Crippen molar-refractivity contribution in [1.29, 1.82) is 0 Å². The topological polar surface area (TPSA) is 86.6 Å². The number of benzene rings is 2. The van der Waals surface area contributed by atoms with E-state index < -0.39 is 28.7 Å². The number of carboxylic acids is 1. The summed E-state index contributed by atoms with van der Waals surface area (Å²) >= 11 is 0. The molecule has 0 unspecified atom stereocenters. The first-order valence-corrected chi connectivity index (χ1v) is 8.97. The molecule has 5 nitrogen and oxygen atoms in total. The third kappa shape index (κ3) is 4.39. The highest BCUT2D eigenvalue weighted by atomic mass is 19.1. The number of aliphatic hydroxyl groups is 1. The van der Waals surface area contributed by atoms with Crippen LogP contribution < -0.4 is 5.32 Å². The standard InChI is InChI=1S/C22H26FNO4/c1-21(2,3)18-15(22(4,5)12-25)7-6-8-17(18)24-19(26)13-9-10-14(20(27)28)16(23)11-13/h6-11,25H,12H2,1-5H3,(H,24,26)(H,27,28). The number of anilines is 1. The van der Waals surface area contributed by atoms with Crippen LogP contribution in [0.5, 0.6) is 0 Å². The number of rotatable bonds is 5. The third-order valence-corrected chi connectivity index (χ3v) is 4.65. The number of hydrogen-bond acceptors (Lipinski definition) is 3. The van der Waals surface area contributed by atoms with Gasteiger partial charge in [0.1, 0.15) is 5.82 Å². The smallest absolute Gasteiger partial charge is 0.338 e. The van der Waals surface area contributed by atoms with E-state index in [0.29, 0.717) is 5.69 Å². The molecule has 0 saturated heterocycles. The number of halogens is 1. The van der Waals surface area contributed by atoms with Gasteiger partial charge in [0.2, 0.25) is 0 Å². The summed E-state index contributed by atoms with van der Waals surface area (Å²) in [7, 11) is 0. The first-order chi connectivity index (χ1) is 12.9. The molecule has 150 valence electrons. The molecule has 28 heavy (non-hydrogen) atoms. The van der Waals surface area contributed by atoms with E-state index in [1.165, 1.54) is 6.07 Å². The maximum absolute atomic E-state index is 13.9. The molecule has 0 aliphatic heterocycles. The summed E-state index contributed by atoms with van der Waals surface area (Å²) in [5.41, 5.74) is 1.05. The van der Waals surface area contributed by atoms with E-state index in [2.05, 4.69) is 5.32 Å². The van der Waals surface area contributed by atoms with Crippen LogP contribution in [0.3, 0.4) is 0 Å². The lowest BCUT2D eigenvalue weighted by Gasteiger charge is -2.33. The molecule has 0 atom stereocenters. The zero-order chi connectivity index (χ0) is 21.3. The van der Waals surface area contributed by atoms with Gasteiger partial charge in [0.25, 0.3) is 5.91 Å². The van der Waals surface area contributed by atoms with E-state index in [1.54, 1.807) is 12.1 Å². The van der Waals surface area contributed by atoms with Gasteiger partial charge in [-0.3, -0.25) is 4.79 Å². The lowest BCUT2D eigenvalue weighted by Crippen LogP contribution is -2.29. The Bertz CT molecular complexity index is 913. The van der Waals surface area contributed by atoms with Gasteiger partial charge >= 0.3 is 5.97 Å². The maximum atomic E-state index is 13.9. The molecule has 0 saturated carbocycles. The largest absolute Gasteiger partial charge is 0.478 e. The van der Waals surface area contributed by atoms with Crippen LogP contribution in [-0.2, 0) is 10.8 Å². The molecule has 3 N–H and O–H groups in total. The average Bonchev–Trinajstić information content (AvgIpc) is 2.60. The van der Waals surface area contributed by atoms with Crippen molar-refractivity contribution in [2.45, 2.75) is 45.4 Å². The Morgan fingerprint density at radius 2 is 1.71 bits per heavy atom. The fourth-order valence-corrected chi connectivity index (χ4v) is 3.14. The summed E-state index contributed by atoms with van der Waals surface area (Å²) in [5.74, 6) is -2.90. The van der Waals surface area contributed by atoms with Crippen molar-refractivity contribution >= 4 is 17.6 Å². The molecule has 6 heteroatoms. The van der Waals surface area contributed by atoms with Gasteiger partial charge < -0.3 is 15.5 Å². The van der Waals surface area contributed by atoms with Gasteiger partial charge in [0, 0.05) is 16.7 Å². The van der Waals surface area contributed by atoms with Gasteiger partial charge in [-0.15, -0.1) is 0 Å². The van der Waals surface area contributed by atoms with Crippen LogP contribution in [0, 0.1) is 5.82 Å². The van der Waals surface area contributed by atoms with Crippen LogP contribution >= 0.6 is 0 Å². The van der Waals surface area contributed by atoms with E-state index in [4.69, 9.17) is 5.11 Å². The van der Waals surface area contributed by atoms with Gasteiger partial charge in [-0.2, -0.15) is 0 Å². The van der Waals surface area contributed by atoms with E-state index >= 15 is 0 Å². The predicted molar refractivity (Wildman–Crippen MR) is 107 cm³/mol. The first-order valence-electron chi connectivity index (χ1n) is 8.97. The van der Waals surface area contributed by atoms with Crippen LogP contribution in [0.2, 0.25) is 0 Å². The van der Waals surface area contributed by atoms with Crippen molar-refractivity contribution in [3.8, 4) is 0 Å². The predicted octanol–water partition coefficient (Wildman–Crippen LogP) is 4.34. The summed E-state index contributed by atoms with van der Waals surface area (Å²) in [6, 6.07) is 8.75. The lowest BCUT2D eigenvalue weighted by atomic mass is 9.74. The molecule has 0 aliphatic carbocycles. The molecule has 2 aromatic rings. The number of nitrogens with one attached hydrogen (secondary N) is 1. The Morgan fingerprint density at radius 3 is 2.21 bits per heavy atom. The average molecular weight is 387 g/mol. The molecule has 1 amide bonds. The molecule has 0 spiro atoms. The van der Waals surface area contributed by atoms with Gasteiger partial charge in [-0.1, -0.05) is 46.8 Å². The third-order valence-electron chi connectivity index (χ3n) is 4.65. The van der Waals surface area contributed by atoms with Gasteiger partial charge in [0.15, 0.2) is 0 Å². The molecule has 0 aliphatic rings. The van der Waals surface area contributed by atoms with Crippen molar-refractivity contribution < 1.29 is 24.2 Å². The van der Waals surface area contributed by atoms with Gasteiger partial charge in [-0.05, 0) is 40.8 Å². The minimum absolute atomic E-state index is 0.0224. The zero-order valence-corrected chi connectivity index (χ0v) is 16.8. The number of carbonyl (C=O) groups is 2. The molecule has 0 aromatic heterocycles. The first kappa shape index (κ1) is 21.6. The van der Waals surface area contributed by atoms with Crippen LogP contribution in [0.15, 0.2) is 36.4 Å². The summed E-state index contributed by atoms with van der Waals surface area (Å²) in [6.45, 7) is 9.81. The summed E-state index contributed by atoms with van der Waals surface area (Å²) in [6.07, 6.45) is 0. The fraction of sp³-hybridized carbons (Fsp3) is 0.364. The Morgan fingerprint density at radius 1 is 1.07 bits per heavy atom. The summed E-state index contributed by atoms with van der Waals surface area (Å²) < 4.78 is 13.9. The van der Waals surface area contributed by atoms with Crippen molar-refractivity contribution in [3.05, 3.63) is 64.5 Å². The summed E-state index contributed by atoms with van der Waals surface area (Å²) in [5, 5.41) is 21.5. The second kappa shape index (κ2) is 7.72. The Hall–Kier alpha value is -2.73. The normalized spacial score (nSPS) is 12.0. The van der Waals surface area contributed by atoms with E-state index in [9.17, 15) is 19.1 Å². The van der Waals surface area contributed by atoms with E-state index in [0.717, 1.165) is 23.3 Å². The summed E-state index contributed by atoms with van der Waals surface area (Å²) in [4.78, 5) is 23.6. The minimum Gasteiger partial charge on any atom is -0.478 e. The van der Waals surface area contributed by atoms with Crippen LogP contribution in [0.1, 0.15) is 66.5 Å². The number of amides is 1. The molecular weight excluding hydrogens is 361 g/mol. The quantitative estimate of drug-likeness (QED) is 0.712. The SMILES string of the molecule is CC(C)(C)c1c(NC(=O)c2ccc(C(=O)O)c(F)c2)cccc1C(C)(C)CO. The van der Waals surface area contributed by atoms with Gasteiger partial charge in [0.05, 0.1) is 12.2 Å². The van der Waals surface area contributed by atoms with Crippen molar-refractivity contribution in [2.24, 2.45) is 0 Å². The fourth-order valence-electron chi connectivity index (χ4n) is 3.14. The van der Waals surface area contributed by atoms with E-state index in [1.807, 2.05) is 40.7 Å².